The van der Waals surface area contributed by atoms with E-state index in [4.69, 9.17) is 11.6 Å². The van der Waals surface area contributed by atoms with Gasteiger partial charge in [-0.15, -0.1) is 0 Å². The summed E-state index contributed by atoms with van der Waals surface area (Å²) in [6.45, 7) is 3.35. The Morgan fingerprint density at radius 3 is 2.75 bits per heavy atom. The lowest BCUT2D eigenvalue weighted by molar-refractivity contribution is -0.132. The molecule has 2 aromatic rings. The van der Waals surface area contributed by atoms with E-state index in [2.05, 4.69) is 26.9 Å². The fourth-order valence-corrected chi connectivity index (χ4v) is 2.66. The van der Waals surface area contributed by atoms with Gasteiger partial charge in [0.15, 0.2) is 5.65 Å². The largest absolute Gasteiger partial charge is 0.340 e. The first kappa shape index (κ1) is 13.3. The van der Waals surface area contributed by atoms with Crippen LogP contribution in [0.3, 0.4) is 0 Å². The lowest BCUT2D eigenvalue weighted by Gasteiger charge is -2.32. The Morgan fingerprint density at radius 2 is 2.00 bits per heavy atom. The average Bonchev–Trinajstić information content (AvgIpc) is 2.76. The lowest BCUT2D eigenvalue weighted by atomic mass is 10.2. The minimum absolute atomic E-state index is 0.0894. The van der Waals surface area contributed by atoms with E-state index in [1.165, 1.54) is 0 Å². The summed E-state index contributed by atoms with van der Waals surface area (Å²) in [5.74, 6) is 0.0894. The number of carbonyl (C=O) groups is 1. The molecule has 3 rings (SSSR count). The normalized spacial score (nSPS) is 16.8. The van der Waals surface area contributed by atoms with Crippen molar-refractivity contribution in [2.75, 3.05) is 33.2 Å². The fourth-order valence-electron chi connectivity index (χ4n) is 2.41. The number of aromatic nitrogens is 3. The Bertz CT molecular complexity index is 633. The van der Waals surface area contributed by atoms with E-state index in [9.17, 15) is 4.79 Å². The molecule has 0 aliphatic carbocycles. The van der Waals surface area contributed by atoms with Crippen LogP contribution in [0.4, 0.5) is 0 Å². The van der Waals surface area contributed by atoms with Gasteiger partial charge in [0, 0.05) is 44.1 Å². The molecule has 20 heavy (non-hydrogen) atoms. The van der Waals surface area contributed by atoms with Crippen molar-refractivity contribution in [2.24, 2.45) is 0 Å². The minimum Gasteiger partial charge on any atom is -0.340 e. The standard InChI is InChI=1S/C13H16ClN5O/c1-18-4-6-19(7-5-18)10(20)8-9-11-13(17-12(9)14)16-3-2-15-11/h2-3H,4-8H2,1H3,(H,16,17). The van der Waals surface area contributed by atoms with Gasteiger partial charge in [-0.3, -0.25) is 9.78 Å². The molecule has 0 aromatic carbocycles. The zero-order valence-corrected chi connectivity index (χ0v) is 12.0. The first-order chi connectivity index (χ1) is 9.65. The minimum atomic E-state index is 0.0894. The van der Waals surface area contributed by atoms with Gasteiger partial charge in [-0.1, -0.05) is 11.6 Å². The summed E-state index contributed by atoms with van der Waals surface area (Å²) in [6, 6.07) is 0. The van der Waals surface area contributed by atoms with Crippen molar-refractivity contribution in [1.29, 1.82) is 0 Å². The molecule has 0 unspecified atom stereocenters. The summed E-state index contributed by atoms with van der Waals surface area (Å²) >= 11 is 6.16. The SMILES string of the molecule is CN1CCN(C(=O)Cc2c(Cl)[nH]c3nccnc23)CC1. The molecule has 106 valence electrons. The third-order valence-electron chi connectivity index (χ3n) is 3.66. The van der Waals surface area contributed by atoms with Crippen LogP contribution < -0.4 is 0 Å². The molecule has 2 aromatic heterocycles. The van der Waals surface area contributed by atoms with Crippen LogP contribution in [-0.4, -0.2) is 63.9 Å². The van der Waals surface area contributed by atoms with Crippen molar-refractivity contribution in [3.8, 4) is 0 Å². The van der Waals surface area contributed by atoms with Crippen molar-refractivity contribution in [1.82, 2.24) is 24.8 Å². The van der Waals surface area contributed by atoms with Crippen LogP contribution in [0.15, 0.2) is 12.4 Å². The fraction of sp³-hybridized carbons (Fsp3) is 0.462. The van der Waals surface area contributed by atoms with Gasteiger partial charge in [-0.2, -0.15) is 0 Å². The van der Waals surface area contributed by atoms with E-state index in [1.807, 2.05) is 4.90 Å². The van der Waals surface area contributed by atoms with Crippen LogP contribution in [0.5, 0.6) is 0 Å². The van der Waals surface area contributed by atoms with E-state index in [0.29, 0.717) is 16.3 Å². The highest BCUT2D eigenvalue weighted by atomic mass is 35.5. The van der Waals surface area contributed by atoms with E-state index < -0.39 is 0 Å². The molecule has 1 N–H and O–H groups in total. The Hall–Kier alpha value is -1.66. The van der Waals surface area contributed by atoms with E-state index in [0.717, 1.165) is 31.7 Å². The highest BCUT2D eigenvalue weighted by Crippen LogP contribution is 2.24. The highest BCUT2D eigenvalue weighted by Gasteiger charge is 2.22. The number of hydrogen-bond donors (Lipinski definition) is 1. The number of halogens is 1. The summed E-state index contributed by atoms with van der Waals surface area (Å²) in [7, 11) is 2.06. The molecule has 0 radical (unpaired) electrons. The number of likely N-dealkylation sites (N-methyl/N-ethyl adjacent to an activating group) is 1. The zero-order chi connectivity index (χ0) is 14.1. The maximum atomic E-state index is 12.4. The number of amides is 1. The lowest BCUT2D eigenvalue weighted by Crippen LogP contribution is -2.47. The monoisotopic (exact) mass is 293 g/mol. The van der Waals surface area contributed by atoms with Gasteiger partial charge < -0.3 is 14.8 Å². The molecule has 7 heteroatoms. The molecule has 6 nitrogen and oxygen atoms in total. The average molecular weight is 294 g/mol. The molecule has 1 amide bonds. The topological polar surface area (TPSA) is 65.1 Å². The molecule has 1 aliphatic heterocycles. The third-order valence-corrected chi connectivity index (χ3v) is 3.98. The maximum Gasteiger partial charge on any atom is 0.227 e. The predicted molar refractivity (Wildman–Crippen MR) is 76.7 cm³/mol. The van der Waals surface area contributed by atoms with Crippen LogP contribution in [0.25, 0.3) is 11.2 Å². The van der Waals surface area contributed by atoms with Crippen LogP contribution in [0.1, 0.15) is 5.56 Å². The molecule has 1 saturated heterocycles. The van der Waals surface area contributed by atoms with Gasteiger partial charge in [0.05, 0.1) is 6.42 Å². The Morgan fingerprint density at radius 1 is 1.30 bits per heavy atom. The van der Waals surface area contributed by atoms with Crippen LogP contribution in [0.2, 0.25) is 5.15 Å². The second-order valence-electron chi connectivity index (χ2n) is 5.03. The predicted octanol–water partition coefficient (Wildman–Crippen LogP) is 0.928. The van der Waals surface area contributed by atoms with Crippen molar-refractivity contribution < 1.29 is 4.79 Å². The number of hydrogen-bond acceptors (Lipinski definition) is 4. The molecule has 3 heterocycles. The van der Waals surface area contributed by atoms with Crippen LogP contribution >= 0.6 is 11.6 Å². The molecular weight excluding hydrogens is 278 g/mol. The van der Waals surface area contributed by atoms with E-state index in [-0.39, 0.29) is 12.3 Å². The second-order valence-corrected chi connectivity index (χ2v) is 5.41. The molecule has 0 spiro atoms. The van der Waals surface area contributed by atoms with Crippen LogP contribution in [-0.2, 0) is 11.2 Å². The quantitative estimate of drug-likeness (QED) is 0.894. The van der Waals surface area contributed by atoms with Gasteiger partial charge in [-0.05, 0) is 7.05 Å². The van der Waals surface area contributed by atoms with E-state index >= 15 is 0 Å². The van der Waals surface area contributed by atoms with Crippen molar-refractivity contribution in [2.45, 2.75) is 6.42 Å². The molecule has 0 bridgehead atoms. The number of piperazine rings is 1. The molecule has 0 saturated carbocycles. The third kappa shape index (κ3) is 2.48. The maximum absolute atomic E-state index is 12.4. The Labute approximate surface area is 121 Å². The number of nitrogens with zero attached hydrogens (tertiary/aromatic N) is 4. The number of carbonyl (C=O) groups excluding carboxylic acids is 1. The first-order valence-corrected chi connectivity index (χ1v) is 6.96. The van der Waals surface area contributed by atoms with Crippen molar-refractivity contribution in [3.63, 3.8) is 0 Å². The van der Waals surface area contributed by atoms with Crippen molar-refractivity contribution >= 4 is 28.7 Å². The number of fused-ring (bicyclic) bond motifs is 1. The summed E-state index contributed by atoms with van der Waals surface area (Å²) in [5, 5.41) is 0.452. The van der Waals surface area contributed by atoms with E-state index in [1.54, 1.807) is 12.4 Å². The van der Waals surface area contributed by atoms with Gasteiger partial charge in [0.2, 0.25) is 5.91 Å². The Kier molecular flexibility index (Phi) is 3.58. The number of nitrogens with one attached hydrogen (secondary N) is 1. The van der Waals surface area contributed by atoms with Gasteiger partial charge >= 0.3 is 0 Å². The summed E-state index contributed by atoms with van der Waals surface area (Å²) in [6.07, 6.45) is 3.47. The van der Waals surface area contributed by atoms with Crippen molar-refractivity contribution in [3.05, 3.63) is 23.1 Å². The van der Waals surface area contributed by atoms with Crippen LogP contribution in [0, 0.1) is 0 Å². The number of aromatic amines is 1. The smallest absolute Gasteiger partial charge is 0.227 e. The molecule has 1 aliphatic rings. The number of rotatable bonds is 2. The first-order valence-electron chi connectivity index (χ1n) is 6.58. The summed E-state index contributed by atoms with van der Waals surface area (Å²) in [5.41, 5.74) is 2.04. The zero-order valence-electron chi connectivity index (χ0n) is 11.3. The second kappa shape index (κ2) is 5.38. The Balaban J connectivity index is 1.79. The molecular formula is C13H16ClN5O. The van der Waals surface area contributed by atoms with Gasteiger partial charge in [0.25, 0.3) is 0 Å². The van der Waals surface area contributed by atoms with Gasteiger partial charge in [-0.25, -0.2) is 4.98 Å². The highest BCUT2D eigenvalue weighted by molar-refractivity contribution is 6.31. The summed E-state index contributed by atoms with van der Waals surface area (Å²) in [4.78, 5) is 27.8. The van der Waals surface area contributed by atoms with Gasteiger partial charge in [0.1, 0.15) is 10.7 Å². The number of H-pyrrole nitrogens is 1. The molecule has 0 atom stereocenters. The summed E-state index contributed by atoms with van der Waals surface area (Å²) < 4.78 is 0. The molecule has 1 fully saturated rings.